The normalized spacial score (nSPS) is 16.0. The molecular weight excluding hydrogens is 214 g/mol. The van der Waals surface area contributed by atoms with Crippen LogP contribution in [-0.4, -0.2) is 28.5 Å². The van der Waals surface area contributed by atoms with E-state index in [1.807, 2.05) is 11.8 Å². The first-order valence-corrected chi connectivity index (χ1v) is 6.94. The lowest BCUT2D eigenvalue weighted by atomic mass is 10.3. The number of nitrogens with zero attached hydrogens (tertiary/aromatic N) is 2. The molecule has 0 radical (unpaired) electrons. The van der Waals surface area contributed by atoms with Crippen molar-refractivity contribution >= 4 is 23.1 Å². The lowest BCUT2D eigenvalue weighted by Crippen LogP contribution is -2.17. The molecule has 0 saturated heterocycles. The van der Waals surface area contributed by atoms with Crippen molar-refractivity contribution in [2.75, 3.05) is 12.3 Å². The fourth-order valence-electron chi connectivity index (χ4n) is 1.21. The second kappa shape index (κ2) is 5.68. The summed E-state index contributed by atoms with van der Waals surface area (Å²) in [6, 6.07) is 0.853. The molecule has 3 nitrogen and oxygen atoms in total. The van der Waals surface area contributed by atoms with Gasteiger partial charge in [-0.25, -0.2) is 0 Å². The molecule has 1 aromatic rings. The van der Waals surface area contributed by atoms with E-state index in [-0.39, 0.29) is 0 Å². The van der Waals surface area contributed by atoms with E-state index in [9.17, 15) is 0 Å². The Morgan fingerprint density at radius 2 is 2.43 bits per heavy atom. The maximum absolute atomic E-state index is 3.99. The van der Waals surface area contributed by atoms with Crippen LogP contribution in [0.1, 0.15) is 25.7 Å². The van der Waals surface area contributed by atoms with E-state index in [1.54, 1.807) is 16.8 Å². The maximum atomic E-state index is 3.99. The molecule has 14 heavy (non-hydrogen) atoms. The molecule has 0 aliphatic heterocycles. The van der Waals surface area contributed by atoms with Gasteiger partial charge in [0.05, 0.1) is 0 Å². The summed E-state index contributed by atoms with van der Waals surface area (Å²) in [4.78, 5) is 0. The first-order valence-electron chi connectivity index (χ1n) is 5.07. The Labute approximate surface area is 92.7 Å². The van der Waals surface area contributed by atoms with Crippen LogP contribution in [0.2, 0.25) is 0 Å². The van der Waals surface area contributed by atoms with Gasteiger partial charge in [0.1, 0.15) is 5.51 Å². The van der Waals surface area contributed by atoms with Crippen LogP contribution in [0.4, 0.5) is 0 Å². The molecule has 0 spiro atoms. The molecule has 2 rings (SSSR count). The van der Waals surface area contributed by atoms with Crippen LogP contribution in [0.3, 0.4) is 0 Å². The summed E-state index contributed by atoms with van der Waals surface area (Å²) in [7, 11) is 0. The predicted molar refractivity (Wildman–Crippen MR) is 60.9 cm³/mol. The van der Waals surface area contributed by atoms with Crippen molar-refractivity contribution in [2.45, 2.75) is 36.1 Å². The lowest BCUT2D eigenvalue weighted by molar-refractivity contribution is 0.640. The van der Waals surface area contributed by atoms with Gasteiger partial charge in [-0.1, -0.05) is 23.1 Å². The molecule has 0 amide bonds. The van der Waals surface area contributed by atoms with Gasteiger partial charge in [0.15, 0.2) is 4.34 Å². The van der Waals surface area contributed by atoms with Gasteiger partial charge in [-0.15, -0.1) is 10.2 Å². The van der Waals surface area contributed by atoms with Crippen molar-refractivity contribution in [2.24, 2.45) is 0 Å². The van der Waals surface area contributed by atoms with E-state index >= 15 is 0 Å². The van der Waals surface area contributed by atoms with Gasteiger partial charge in [0.25, 0.3) is 0 Å². The predicted octanol–water partition coefficient (Wildman–Crippen LogP) is 2.16. The minimum absolute atomic E-state index is 0.853. The Kier molecular flexibility index (Phi) is 4.21. The van der Waals surface area contributed by atoms with Gasteiger partial charge >= 0.3 is 0 Å². The van der Waals surface area contributed by atoms with Gasteiger partial charge in [0.2, 0.25) is 0 Å². The Balaban J connectivity index is 1.43. The summed E-state index contributed by atoms with van der Waals surface area (Å²) in [5.74, 6) is 1.17. The molecule has 0 atom stereocenters. The summed E-state index contributed by atoms with van der Waals surface area (Å²) in [5.41, 5.74) is 1.79. The zero-order chi connectivity index (χ0) is 9.64. The zero-order valence-electron chi connectivity index (χ0n) is 8.11. The van der Waals surface area contributed by atoms with E-state index in [2.05, 4.69) is 15.5 Å². The Morgan fingerprint density at radius 3 is 3.14 bits per heavy atom. The van der Waals surface area contributed by atoms with Crippen molar-refractivity contribution in [3.05, 3.63) is 5.51 Å². The SMILES string of the molecule is c1nnc(SCCCCNC2CC2)s1. The number of aromatic nitrogens is 2. The van der Waals surface area contributed by atoms with E-state index < -0.39 is 0 Å². The topological polar surface area (TPSA) is 37.8 Å². The molecular formula is C9H15N3S2. The van der Waals surface area contributed by atoms with Gasteiger partial charge in [0, 0.05) is 11.8 Å². The molecule has 1 aliphatic rings. The van der Waals surface area contributed by atoms with Crippen LogP contribution >= 0.6 is 23.1 Å². The van der Waals surface area contributed by atoms with Crippen molar-refractivity contribution < 1.29 is 0 Å². The van der Waals surface area contributed by atoms with Crippen LogP contribution in [0, 0.1) is 0 Å². The lowest BCUT2D eigenvalue weighted by Gasteiger charge is -2.01. The average Bonchev–Trinajstić information content (AvgIpc) is 2.87. The average molecular weight is 229 g/mol. The van der Waals surface area contributed by atoms with Crippen LogP contribution in [-0.2, 0) is 0 Å². The summed E-state index contributed by atoms with van der Waals surface area (Å²) >= 11 is 3.45. The first kappa shape index (κ1) is 10.4. The Bertz CT molecular complexity index is 247. The number of rotatable bonds is 7. The molecule has 1 heterocycles. The molecule has 78 valence electrons. The highest BCUT2D eigenvalue weighted by Crippen LogP contribution is 2.20. The van der Waals surface area contributed by atoms with Gasteiger partial charge < -0.3 is 5.32 Å². The highest BCUT2D eigenvalue weighted by atomic mass is 32.2. The monoisotopic (exact) mass is 229 g/mol. The summed E-state index contributed by atoms with van der Waals surface area (Å²) in [6.07, 6.45) is 5.32. The van der Waals surface area contributed by atoms with Gasteiger partial charge in [-0.3, -0.25) is 0 Å². The van der Waals surface area contributed by atoms with Crippen molar-refractivity contribution in [1.29, 1.82) is 0 Å². The molecule has 0 aromatic carbocycles. The third-order valence-electron chi connectivity index (χ3n) is 2.15. The zero-order valence-corrected chi connectivity index (χ0v) is 9.74. The molecule has 1 N–H and O–H groups in total. The van der Waals surface area contributed by atoms with Gasteiger partial charge in [-0.2, -0.15) is 0 Å². The van der Waals surface area contributed by atoms with E-state index in [0.717, 1.165) is 10.4 Å². The molecule has 1 fully saturated rings. The van der Waals surface area contributed by atoms with Crippen LogP contribution in [0.25, 0.3) is 0 Å². The standard InChI is InChI=1S/C9H15N3S2/c1(5-10-8-3-4-8)2-6-13-9-12-11-7-14-9/h7-8,10H,1-6H2. The fraction of sp³-hybridized carbons (Fsp3) is 0.778. The Morgan fingerprint density at radius 1 is 1.50 bits per heavy atom. The summed E-state index contributed by atoms with van der Waals surface area (Å²) < 4.78 is 1.10. The smallest absolute Gasteiger partial charge is 0.174 e. The molecule has 0 bridgehead atoms. The number of thioether (sulfide) groups is 1. The number of unbranched alkanes of at least 4 members (excludes halogenated alkanes) is 1. The quantitative estimate of drug-likeness (QED) is 0.574. The fourth-order valence-corrected chi connectivity index (χ4v) is 2.76. The van der Waals surface area contributed by atoms with E-state index in [0.29, 0.717) is 0 Å². The molecule has 0 unspecified atom stereocenters. The second-order valence-corrected chi connectivity index (χ2v) is 5.66. The summed E-state index contributed by atoms with van der Waals surface area (Å²) in [5, 5.41) is 11.3. The molecule has 5 heteroatoms. The third-order valence-corrected chi connectivity index (χ3v) is 4.09. The minimum atomic E-state index is 0.853. The highest BCUT2D eigenvalue weighted by molar-refractivity contribution is 8.00. The maximum Gasteiger partial charge on any atom is 0.174 e. The van der Waals surface area contributed by atoms with Crippen molar-refractivity contribution in [3.8, 4) is 0 Å². The molecule has 1 aromatic heterocycles. The van der Waals surface area contributed by atoms with Crippen LogP contribution in [0.5, 0.6) is 0 Å². The second-order valence-electron chi connectivity index (χ2n) is 3.49. The number of hydrogen-bond donors (Lipinski definition) is 1. The number of hydrogen-bond acceptors (Lipinski definition) is 5. The third kappa shape index (κ3) is 3.94. The van der Waals surface area contributed by atoms with E-state index in [1.165, 1.54) is 38.0 Å². The Hall–Kier alpha value is -0.130. The minimum Gasteiger partial charge on any atom is -0.314 e. The summed E-state index contributed by atoms with van der Waals surface area (Å²) in [6.45, 7) is 1.18. The van der Waals surface area contributed by atoms with Gasteiger partial charge in [-0.05, 0) is 32.2 Å². The van der Waals surface area contributed by atoms with Crippen LogP contribution in [0.15, 0.2) is 9.85 Å². The van der Waals surface area contributed by atoms with Crippen LogP contribution < -0.4 is 5.32 Å². The van der Waals surface area contributed by atoms with E-state index in [4.69, 9.17) is 0 Å². The highest BCUT2D eigenvalue weighted by Gasteiger charge is 2.19. The molecule has 1 aliphatic carbocycles. The van der Waals surface area contributed by atoms with Crippen molar-refractivity contribution in [3.63, 3.8) is 0 Å². The largest absolute Gasteiger partial charge is 0.314 e. The van der Waals surface area contributed by atoms with Crippen molar-refractivity contribution in [1.82, 2.24) is 15.5 Å². The first-order chi connectivity index (χ1) is 6.95. The molecule has 1 saturated carbocycles. The number of nitrogens with one attached hydrogen (secondary N) is 1.